The van der Waals surface area contributed by atoms with Crippen LogP contribution in [-0.4, -0.2) is 49.3 Å². The van der Waals surface area contributed by atoms with Crippen LogP contribution in [0.15, 0.2) is 53.4 Å². The van der Waals surface area contributed by atoms with Crippen molar-refractivity contribution in [2.75, 3.05) is 25.0 Å². The van der Waals surface area contributed by atoms with E-state index >= 15 is 0 Å². The lowest BCUT2D eigenvalue weighted by Gasteiger charge is -2.18. The molecule has 1 amide bonds. The van der Waals surface area contributed by atoms with Crippen molar-refractivity contribution in [1.29, 1.82) is 0 Å². The minimum atomic E-state index is -3.63. The minimum Gasteiger partial charge on any atom is -0.462 e. The van der Waals surface area contributed by atoms with Gasteiger partial charge < -0.3 is 10.1 Å². The number of hydrogen-bond donors (Lipinski definition) is 1. The second-order valence-corrected chi connectivity index (χ2v) is 12.0. The first-order chi connectivity index (χ1) is 17.7. The summed E-state index contributed by atoms with van der Waals surface area (Å²) in [5, 5.41) is 4.07. The van der Waals surface area contributed by atoms with Gasteiger partial charge in [0.2, 0.25) is 10.0 Å². The van der Waals surface area contributed by atoms with Crippen LogP contribution in [0.25, 0.3) is 20.8 Å². The van der Waals surface area contributed by atoms with Gasteiger partial charge in [-0.25, -0.2) is 18.2 Å². The van der Waals surface area contributed by atoms with Gasteiger partial charge in [0.05, 0.1) is 21.7 Å². The van der Waals surface area contributed by atoms with Crippen molar-refractivity contribution in [3.05, 3.63) is 64.5 Å². The number of anilines is 1. The van der Waals surface area contributed by atoms with Gasteiger partial charge in [-0.05, 0) is 55.8 Å². The molecule has 0 fully saturated rings. The van der Waals surface area contributed by atoms with E-state index in [1.165, 1.54) is 39.9 Å². The molecule has 0 bridgehead atoms. The summed E-state index contributed by atoms with van der Waals surface area (Å²) in [6.07, 6.45) is 0. The van der Waals surface area contributed by atoms with Crippen molar-refractivity contribution >= 4 is 59.8 Å². The summed E-state index contributed by atoms with van der Waals surface area (Å²) in [6.45, 7) is 8.05. The van der Waals surface area contributed by atoms with Crippen LogP contribution >= 0.6 is 22.7 Å². The van der Waals surface area contributed by atoms with Crippen LogP contribution in [0.2, 0.25) is 0 Å². The van der Waals surface area contributed by atoms with Crippen LogP contribution in [0.3, 0.4) is 0 Å². The maximum absolute atomic E-state index is 13.2. The molecule has 0 aliphatic carbocycles. The first kappa shape index (κ1) is 26.9. The molecule has 0 saturated carbocycles. The molecule has 0 aliphatic heterocycles. The number of carbonyl (C=O) groups is 2. The van der Waals surface area contributed by atoms with Crippen LogP contribution in [-0.2, 0) is 14.8 Å². The van der Waals surface area contributed by atoms with Crippen LogP contribution in [0, 0.1) is 6.92 Å². The topological polar surface area (TPSA) is 106 Å². The Balaban J connectivity index is 1.69. The molecule has 0 atom stereocenters. The highest BCUT2D eigenvalue weighted by Crippen LogP contribution is 2.43. The number of esters is 1. The van der Waals surface area contributed by atoms with E-state index in [4.69, 9.17) is 9.72 Å². The smallest absolute Gasteiger partial charge is 0.348 e. The standard InChI is InChI=1S/C26H27N3O5S3/c1-5-29(6-2)37(32,33)18-14-12-17(13-15-18)23(30)28-25-21(16(4)22(36-25)26(31)34-7-3)24-27-19-10-8-9-11-20(19)35-24/h8-15H,5-7H2,1-4H3,(H,28,30). The lowest BCUT2D eigenvalue weighted by molar-refractivity contribution is 0.0531. The van der Waals surface area contributed by atoms with Gasteiger partial charge in [0.1, 0.15) is 14.9 Å². The zero-order valence-electron chi connectivity index (χ0n) is 20.9. The number of thiophene rings is 1. The Morgan fingerprint density at radius 1 is 1.00 bits per heavy atom. The fraction of sp³-hybridized carbons (Fsp3) is 0.269. The number of nitrogens with one attached hydrogen (secondary N) is 1. The highest BCUT2D eigenvalue weighted by atomic mass is 32.2. The molecule has 0 radical (unpaired) electrons. The fourth-order valence-corrected chi connectivity index (χ4v) is 7.59. The average Bonchev–Trinajstić information content (AvgIpc) is 3.45. The van der Waals surface area contributed by atoms with Gasteiger partial charge in [0, 0.05) is 24.2 Å². The summed E-state index contributed by atoms with van der Waals surface area (Å²) in [5.74, 6) is -0.885. The third-order valence-electron chi connectivity index (χ3n) is 5.80. The molecule has 37 heavy (non-hydrogen) atoms. The summed E-state index contributed by atoms with van der Waals surface area (Å²) in [7, 11) is -3.63. The molecule has 0 spiro atoms. The molecule has 8 nitrogen and oxygen atoms in total. The van der Waals surface area contributed by atoms with Gasteiger partial charge >= 0.3 is 5.97 Å². The van der Waals surface area contributed by atoms with Gasteiger partial charge in [0.15, 0.2) is 0 Å². The highest BCUT2D eigenvalue weighted by Gasteiger charge is 2.26. The summed E-state index contributed by atoms with van der Waals surface area (Å²) < 4.78 is 33.1. The van der Waals surface area contributed by atoms with Gasteiger partial charge in [-0.15, -0.1) is 22.7 Å². The van der Waals surface area contributed by atoms with E-state index in [1.54, 1.807) is 20.8 Å². The number of nitrogens with zero attached hydrogens (tertiary/aromatic N) is 2. The number of hydrogen-bond acceptors (Lipinski definition) is 8. The van der Waals surface area contributed by atoms with Crippen molar-refractivity contribution in [2.45, 2.75) is 32.6 Å². The van der Waals surface area contributed by atoms with Crippen LogP contribution in [0.1, 0.15) is 46.4 Å². The fourth-order valence-electron chi connectivity index (χ4n) is 3.90. The van der Waals surface area contributed by atoms with E-state index in [0.717, 1.165) is 21.6 Å². The first-order valence-electron chi connectivity index (χ1n) is 11.8. The number of benzene rings is 2. The number of rotatable bonds is 9. The van der Waals surface area contributed by atoms with Gasteiger partial charge in [0.25, 0.3) is 5.91 Å². The average molecular weight is 558 g/mol. The Bertz CT molecular complexity index is 1520. The third kappa shape index (κ3) is 5.30. The zero-order chi connectivity index (χ0) is 26.7. The Kier molecular flexibility index (Phi) is 8.08. The van der Waals surface area contributed by atoms with Crippen LogP contribution in [0.5, 0.6) is 0 Å². The number of aromatic nitrogens is 1. The van der Waals surface area contributed by atoms with Crippen molar-refractivity contribution in [1.82, 2.24) is 9.29 Å². The summed E-state index contributed by atoms with van der Waals surface area (Å²) in [4.78, 5) is 31.1. The summed E-state index contributed by atoms with van der Waals surface area (Å²) in [6, 6.07) is 13.5. The van der Waals surface area contributed by atoms with E-state index in [-0.39, 0.29) is 17.1 Å². The quantitative estimate of drug-likeness (QED) is 0.261. The molecular formula is C26H27N3O5S3. The number of para-hydroxylation sites is 1. The monoisotopic (exact) mass is 557 g/mol. The number of sulfonamides is 1. The number of thiazole rings is 1. The van der Waals surface area contributed by atoms with Crippen molar-refractivity contribution in [3.63, 3.8) is 0 Å². The molecule has 4 aromatic rings. The molecule has 2 heterocycles. The van der Waals surface area contributed by atoms with E-state index in [2.05, 4.69) is 5.32 Å². The predicted octanol–water partition coefficient (Wildman–Crippen LogP) is 5.79. The lowest BCUT2D eigenvalue weighted by atomic mass is 10.1. The van der Waals surface area contributed by atoms with E-state index in [1.807, 2.05) is 31.2 Å². The molecule has 2 aromatic carbocycles. The van der Waals surface area contributed by atoms with Crippen LogP contribution < -0.4 is 5.32 Å². The molecule has 0 unspecified atom stereocenters. The van der Waals surface area contributed by atoms with E-state index in [9.17, 15) is 18.0 Å². The minimum absolute atomic E-state index is 0.125. The van der Waals surface area contributed by atoms with E-state index < -0.39 is 21.9 Å². The van der Waals surface area contributed by atoms with Crippen LogP contribution in [0.4, 0.5) is 5.00 Å². The second kappa shape index (κ2) is 11.1. The summed E-state index contributed by atoms with van der Waals surface area (Å²) >= 11 is 2.61. The van der Waals surface area contributed by atoms with Crippen molar-refractivity contribution < 1.29 is 22.7 Å². The normalized spacial score (nSPS) is 11.7. The van der Waals surface area contributed by atoms with Crippen molar-refractivity contribution in [3.8, 4) is 10.6 Å². The summed E-state index contributed by atoms with van der Waals surface area (Å²) in [5.41, 5.74) is 2.47. The van der Waals surface area contributed by atoms with E-state index in [0.29, 0.717) is 39.1 Å². The zero-order valence-corrected chi connectivity index (χ0v) is 23.4. The first-order valence-corrected chi connectivity index (χ1v) is 14.9. The Morgan fingerprint density at radius 2 is 1.68 bits per heavy atom. The van der Waals surface area contributed by atoms with Gasteiger partial charge in [-0.1, -0.05) is 26.0 Å². The maximum Gasteiger partial charge on any atom is 0.348 e. The Labute approximate surface area is 224 Å². The molecule has 1 N–H and O–H groups in total. The molecule has 4 rings (SSSR count). The number of fused-ring (bicyclic) bond motifs is 1. The largest absolute Gasteiger partial charge is 0.462 e. The molecule has 0 saturated heterocycles. The maximum atomic E-state index is 13.2. The van der Waals surface area contributed by atoms with Gasteiger partial charge in [-0.3, -0.25) is 4.79 Å². The molecule has 0 aliphatic rings. The highest BCUT2D eigenvalue weighted by molar-refractivity contribution is 7.89. The molecular weight excluding hydrogens is 531 g/mol. The lowest BCUT2D eigenvalue weighted by Crippen LogP contribution is -2.30. The SMILES string of the molecule is CCOC(=O)c1sc(NC(=O)c2ccc(S(=O)(=O)N(CC)CC)cc2)c(-c2nc3ccccc3s2)c1C. The second-order valence-electron chi connectivity index (χ2n) is 8.04. The Morgan fingerprint density at radius 3 is 2.30 bits per heavy atom. The predicted molar refractivity (Wildman–Crippen MR) is 148 cm³/mol. The molecule has 11 heteroatoms. The number of carbonyl (C=O) groups excluding carboxylic acids is 2. The molecule has 2 aromatic heterocycles. The number of amides is 1. The number of ether oxygens (including phenoxy) is 1. The third-order valence-corrected chi connectivity index (χ3v) is 10.1. The van der Waals surface area contributed by atoms with Gasteiger partial charge in [-0.2, -0.15) is 4.31 Å². The van der Waals surface area contributed by atoms with Crippen molar-refractivity contribution in [2.24, 2.45) is 0 Å². The Hall–Kier alpha value is -3.12. The molecule has 194 valence electrons.